The number of nitroso groups, excluding NO2 is 1. The zero-order chi connectivity index (χ0) is 15.6. The van der Waals surface area contributed by atoms with Crippen LogP contribution >= 0.6 is 15.9 Å². The number of sulfonamides is 1. The van der Waals surface area contributed by atoms with E-state index < -0.39 is 10.0 Å². The third-order valence-electron chi connectivity index (χ3n) is 2.68. The number of primary sulfonamides is 1. The molecule has 0 aliphatic rings. The first-order valence-electron chi connectivity index (χ1n) is 5.80. The Bertz CT molecular complexity index is 806. The Hall–Kier alpha value is -1.77. The van der Waals surface area contributed by atoms with E-state index in [0.29, 0.717) is 10.2 Å². The highest BCUT2D eigenvalue weighted by Crippen LogP contribution is 2.34. The van der Waals surface area contributed by atoms with Gasteiger partial charge >= 0.3 is 0 Å². The number of halogens is 1. The Morgan fingerprint density at radius 3 is 2.38 bits per heavy atom. The highest BCUT2D eigenvalue weighted by molar-refractivity contribution is 9.10. The van der Waals surface area contributed by atoms with Crippen molar-refractivity contribution in [3.63, 3.8) is 0 Å². The molecule has 0 fully saturated rings. The lowest BCUT2D eigenvalue weighted by Gasteiger charge is -2.11. The monoisotopic (exact) mass is 371 g/mol. The summed E-state index contributed by atoms with van der Waals surface area (Å²) in [4.78, 5) is 10.4. The molecule has 0 amide bonds. The highest BCUT2D eigenvalue weighted by Gasteiger charge is 2.19. The van der Waals surface area contributed by atoms with Crippen LogP contribution in [-0.4, -0.2) is 8.42 Å². The van der Waals surface area contributed by atoms with Crippen LogP contribution in [0.15, 0.2) is 45.8 Å². The van der Waals surface area contributed by atoms with Crippen LogP contribution in [0.4, 0.5) is 5.69 Å². The topological polar surface area (TPSA) is 100 Å². The zero-order valence-corrected chi connectivity index (χ0v) is 13.4. The number of benzene rings is 2. The van der Waals surface area contributed by atoms with Gasteiger partial charge < -0.3 is 4.74 Å². The first-order valence-corrected chi connectivity index (χ1v) is 8.14. The second-order valence-corrected chi connectivity index (χ2v) is 6.73. The maximum Gasteiger partial charge on any atom is 0.254 e. The zero-order valence-electron chi connectivity index (χ0n) is 11.0. The molecule has 0 radical (unpaired) electrons. The molecule has 2 aromatic rings. The summed E-state index contributed by atoms with van der Waals surface area (Å²) in [7, 11) is -4.03. The van der Waals surface area contributed by atoms with Crippen molar-refractivity contribution in [3.8, 4) is 11.5 Å². The molecule has 110 valence electrons. The Morgan fingerprint density at radius 1 is 1.14 bits per heavy atom. The van der Waals surface area contributed by atoms with Gasteiger partial charge in [0.25, 0.3) is 5.69 Å². The fraction of sp³-hybridized carbons (Fsp3) is 0.0769. The predicted octanol–water partition coefficient (Wildman–Crippen LogP) is 1.68. The maximum atomic E-state index is 11.6. The lowest BCUT2D eigenvalue weighted by molar-refractivity contribution is -0.379. The molecule has 21 heavy (non-hydrogen) atoms. The summed E-state index contributed by atoms with van der Waals surface area (Å²) < 4.78 is 29.5. The van der Waals surface area contributed by atoms with Crippen LogP contribution in [0, 0.1) is 11.8 Å². The van der Waals surface area contributed by atoms with Gasteiger partial charge in [-0.15, -0.1) is 0 Å². The molecule has 0 aromatic heterocycles. The lowest BCUT2D eigenvalue weighted by atomic mass is 10.2. The van der Waals surface area contributed by atoms with Crippen molar-refractivity contribution in [2.75, 3.05) is 0 Å². The first kappa shape index (κ1) is 15.6. The molecule has 6 nitrogen and oxygen atoms in total. The van der Waals surface area contributed by atoms with Crippen LogP contribution in [0.1, 0.15) is 5.56 Å². The molecule has 0 heterocycles. The van der Waals surface area contributed by atoms with E-state index in [1.165, 1.54) is 12.1 Å². The minimum Gasteiger partial charge on any atom is -0.455 e. The average molecular weight is 372 g/mol. The number of nitrogens with one attached hydrogen (secondary N) is 1. The van der Waals surface area contributed by atoms with Crippen LogP contribution < -0.4 is 15.1 Å². The van der Waals surface area contributed by atoms with E-state index in [1.54, 1.807) is 11.2 Å². The van der Waals surface area contributed by atoms with Crippen molar-refractivity contribution in [1.29, 1.82) is 0 Å². The van der Waals surface area contributed by atoms with Gasteiger partial charge in [0.2, 0.25) is 10.0 Å². The van der Waals surface area contributed by atoms with E-state index in [1.807, 2.05) is 19.1 Å². The van der Waals surface area contributed by atoms with Gasteiger partial charge in [-0.3, -0.25) is 0 Å². The summed E-state index contributed by atoms with van der Waals surface area (Å²) in [5.74, 6) is 0.481. The van der Waals surface area contributed by atoms with Crippen LogP contribution in [0.3, 0.4) is 0 Å². The van der Waals surface area contributed by atoms with E-state index >= 15 is 0 Å². The van der Waals surface area contributed by atoms with Gasteiger partial charge in [0.05, 0.1) is 4.47 Å². The van der Waals surface area contributed by atoms with Gasteiger partial charge in [0, 0.05) is 22.2 Å². The molecule has 0 unspecified atom stereocenters. The second-order valence-electron chi connectivity index (χ2n) is 4.34. The van der Waals surface area contributed by atoms with Crippen LogP contribution in [0.25, 0.3) is 0 Å². The Balaban J connectivity index is 2.51. The number of rotatable bonds is 4. The van der Waals surface area contributed by atoms with E-state index in [9.17, 15) is 13.3 Å². The van der Waals surface area contributed by atoms with Gasteiger partial charge in [-0.25, -0.2) is 13.6 Å². The molecule has 0 aliphatic carbocycles. The van der Waals surface area contributed by atoms with Crippen molar-refractivity contribution in [1.82, 2.24) is 0 Å². The number of nitrogens with two attached hydrogens (primary N) is 1. The molecule has 3 N–H and O–H groups in total. The van der Waals surface area contributed by atoms with Crippen molar-refractivity contribution in [3.05, 3.63) is 51.3 Å². The molecule has 2 rings (SSSR count). The fourth-order valence-corrected chi connectivity index (χ4v) is 2.94. The minimum absolute atomic E-state index is 0.0426. The summed E-state index contributed by atoms with van der Waals surface area (Å²) >= 11 is 3.34. The van der Waals surface area contributed by atoms with Gasteiger partial charge in [0.15, 0.2) is 0 Å². The molecule has 0 saturated carbocycles. The molecule has 8 heteroatoms. The summed E-state index contributed by atoms with van der Waals surface area (Å²) in [6, 6.07) is 9.25. The Kier molecular flexibility index (Phi) is 4.40. The Labute approximate surface area is 130 Å². The van der Waals surface area contributed by atoms with E-state index in [0.717, 1.165) is 11.6 Å². The van der Waals surface area contributed by atoms with Crippen molar-refractivity contribution in [2.24, 2.45) is 5.14 Å². The fourth-order valence-electron chi connectivity index (χ4n) is 1.69. The van der Waals surface area contributed by atoms with Gasteiger partial charge in [-0.05, 0) is 46.6 Å². The average Bonchev–Trinajstić information content (AvgIpc) is 2.41. The number of ether oxygens (including phenoxy) is 1. The van der Waals surface area contributed by atoms with Crippen LogP contribution in [0.2, 0.25) is 0 Å². The van der Waals surface area contributed by atoms with E-state index in [2.05, 4.69) is 15.9 Å². The van der Waals surface area contributed by atoms with Crippen LogP contribution in [-0.2, 0) is 10.0 Å². The van der Waals surface area contributed by atoms with Crippen molar-refractivity contribution < 1.29 is 18.3 Å². The van der Waals surface area contributed by atoms with Crippen molar-refractivity contribution >= 4 is 31.6 Å². The Morgan fingerprint density at radius 2 is 1.81 bits per heavy atom. The van der Waals surface area contributed by atoms with E-state index in [-0.39, 0.29) is 16.3 Å². The number of aryl methyl sites for hydroxylation is 1. The third-order valence-corrected chi connectivity index (χ3v) is 4.23. The standard InChI is InChI=1S/C13H11BrN2O4S/c1-8-2-4-11(10(14)6-8)20-12-5-3-9(16-17)7-13(12)21(15,18)19/h2-7H,1H3,(H2,15,18,19)/p+1. The smallest absolute Gasteiger partial charge is 0.254 e. The molecule has 0 atom stereocenters. The minimum atomic E-state index is -4.03. The van der Waals surface area contributed by atoms with E-state index in [4.69, 9.17) is 9.88 Å². The summed E-state index contributed by atoms with van der Waals surface area (Å²) in [6.45, 7) is 1.92. The normalized spacial score (nSPS) is 11.2. The molecule has 0 saturated heterocycles. The number of hydrogen-bond donors (Lipinski definition) is 2. The third kappa shape index (κ3) is 3.66. The summed E-state index contributed by atoms with van der Waals surface area (Å²) in [5, 5.41) is 6.76. The molecular formula is C13H12BrN2O4S+. The first-order chi connectivity index (χ1) is 9.81. The number of hydrogen-bond acceptors (Lipinski definition) is 4. The SMILES string of the molecule is Cc1ccc(Oc2ccc([NH+]=O)cc2S(N)(=O)=O)c(Br)c1. The maximum absolute atomic E-state index is 11.6. The molecule has 0 spiro atoms. The van der Waals surface area contributed by atoms with Gasteiger partial charge in [-0.2, -0.15) is 0 Å². The van der Waals surface area contributed by atoms with Crippen molar-refractivity contribution in [2.45, 2.75) is 11.8 Å². The quantitative estimate of drug-likeness (QED) is 0.853. The summed E-state index contributed by atoms with van der Waals surface area (Å²) in [6.07, 6.45) is 0. The van der Waals surface area contributed by atoms with Gasteiger partial charge in [-0.1, -0.05) is 6.07 Å². The largest absolute Gasteiger partial charge is 0.455 e. The summed E-state index contributed by atoms with van der Waals surface area (Å²) in [5.41, 5.74) is 1.10. The van der Waals surface area contributed by atoms with Gasteiger partial charge in [0.1, 0.15) is 16.4 Å². The van der Waals surface area contributed by atoms with Crippen LogP contribution in [0.5, 0.6) is 11.5 Å². The highest BCUT2D eigenvalue weighted by atomic mass is 79.9. The molecular weight excluding hydrogens is 360 g/mol. The molecule has 0 bridgehead atoms. The predicted molar refractivity (Wildman–Crippen MR) is 80.8 cm³/mol. The molecule has 0 aliphatic heterocycles. The lowest BCUT2D eigenvalue weighted by Crippen LogP contribution is -2.55. The molecule has 2 aromatic carbocycles. The second kappa shape index (κ2) is 5.92.